The fourth-order valence-electron chi connectivity index (χ4n) is 2.54. The molecule has 0 atom stereocenters. The Morgan fingerprint density at radius 3 is 2.44 bits per heavy atom. The van der Waals surface area contributed by atoms with E-state index in [1.807, 2.05) is 17.5 Å². The fourth-order valence-corrected chi connectivity index (χ4v) is 3.69. The average Bonchev–Trinajstić information content (AvgIpc) is 3.15. The number of amides is 2. The highest BCUT2D eigenvalue weighted by Gasteiger charge is 2.25. The van der Waals surface area contributed by atoms with Gasteiger partial charge in [-0.2, -0.15) is 0 Å². The maximum Gasteiger partial charge on any atom is 0.264 e. The van der Waals surface area contributed by atoms with Crippen molar-refractivity contribution in [1.82, 2.24) is 9.80 Å². The maximum absolute atomic E-state index is 12.3. The first-order valence-corrected chi connectivity index (χ1v) is 9.36. The quantitative estimate of drug-likeness (QED) is 0.792. The van der Waals surface area contributed by atoms with E-state index in [9.17, 15) is 9.59 Å². The van der Waals surface area contributed by atoms with Gasteiger partial charge in [0.05, 0.1) is 9.90 Å². The van der Waals surface area contributed by atoms with Crippen LogP contribution in [0.5, 0.6) is 5.75 Å². The summed E-state index contributed by atoms with van der Waals surface area (Å²) in [6, 6.07) is 8.53. The van der Waals surface area contributed by atoms with E-state index in [-0.39, 0.29) is 18.4 Å². The van der Waals surface area contributed by atoms with Gasteiger partial charge in [-0.25, -0.2) is 0 Å². The van der Waals surface area contributed by atoms with Crippen molar-refractivity contribution in [1.29, 1.82) is 0 Å². The van der Waals surface area contributed by atoms with Crippen LogP contribution in [0.15, 0.2) is 35.7 Å². The minimum atomic E-state index is -0.130. The molecule has 1 aliphatic rings. The number of rotatable bonds is 4. The largest absolute Gasteiger partial charge is 0.482 e. The molecular formula is C17H16Cl2N2O3S. The Morgan fingerprint density at radius 1 is 1.08 bits per heavy atom. The summed E-state index contributed by atoms with van der Waals surface area (Å²) in [5.74, 6) is 0.312. The molecular weight excluding hydrogens is 383 g/mol. The minimum Gasteiger partial charge on any atom is -0.482 e. The van der Waals surface area contributed by atoms with Gasteiger partial charge in [0.15, 0.2) is 6.61 Å². The third kappa shape index (κ3) is 4.45. The predicted molar refractivity (Wildman–Crippen MR) is 98.8 cm³/mol. The number of hydrogen-bond donors (Lipinski definition) is 0. The van der Waals surface area contributed by atoms with Gasteiger partial charge in [-0.3, -0.25) is 9.59 Å². The summed E-state index contributed by atoms with van der Waals surface area (Å²) in [4.78, 5) is 28.8. The number of benzene rings is 1. The molecule has 1 fully saturated rings. The lowest BCUT2D eigenvalue weighted by Crippen LogP contribution is -2.51. The molecule has 132 valence electrons. The molecule has 2 heterocycles. The molecule has 25 heavy (non-hydrogen) atoms. The second-order valence-electron chi connectivity index (χ2n) is 5.51. The Balaban J connectivity index is 1.49. The number of ether oxygens (including phenoxy) is 1. The monoisotopic (exact) mass is 398 g/mol. The fraction of sp³-hybridized carbons (Fsp3) is 0.294. The Morgan fingerprint density at radius 2 is 1.80 bits per heavy atom. The van der Waals surface area contributed by atoms with E-state index in [4.69, 9.17) is 27.9 Å². The first-order valence-electron chi connectivity index (χ1n) is 7.73. The summed E-state index contributed by atoms with van der Waals surface area (Å²) in [5, 5.41) is 2.76. The summed E-state index contributed by atoms with van der Waals surface area (Å²) in [6.07, 6.45) is 0. The first-order chi connectivity index (χ1) is 12.0. The number of halogens is 2. The van der Waals surface area contributed by atoms with E-state index in [1.165, 1.54) is 11.3 Å². The van der Waals surface area contributed by atoms with E-state index in [2.05, 4.69) is 0 Å². The van der Waals surface area contributed by atoms with Gasteiger partial charge in [0.2, 0.25) is 0 Å². The van der Waals surface area contributed by atoms with Crippen LogP contribution >= 0.6 is 34.5 Å². The number of nitrogens with zero attached hydrogens (tertiary/aromatic N) is 2. The molecule has 0 aliphatic carbocycles. The number of hydrogen-bond acceptors (Lipinski definition) is 4. The van der Waals surface area contributed by atoms with Gasteiger partial charge in [0.1, 0.15) is 5.75 Å². The Labute approximate surface area is 159 Å². The average molecular weight is 399 g/mol. The zero-order chi connectivity index (χ0) is 17.8. The second kappa shape index (κ2) is 8.08. The molecule has 1 saturated heterocycles. The van der Waals surface area contributed by atoms with Crippen molar-refractivity contribution in [2.45, 2.75) is 0 Å². The molecule has 1 aliphatic heterocycles. The first kappa shape index (κ1) is 18.0. The van der Waals surface area contributed by atoms with E-state index < -0.39 is 0 Å². The SMILES string of the molecule is O=C(COc1ccc(Cl)cc1Cl)N1CCN(C(=O)c2cccs2)CC1. The molecule has 0 radical (unpaired) electrons. The van der Waals surface area contributed by atoms with Gasteiger partial charge in [-0.05, 0) is 29.6 Å². The highest BCUT2D eigenvalue weighted by Crippen LogP contribution is 2.27. The molecule has 2 aromatic rings. The van der Waals surface area contributed by atoms with Crippen LogP contribution < -0.4 is 4.74 Å². The van der Waals surface area contributed by atoms with Crippen molar-refractivity contribution in [2.75, 3.05) is 32.8 Å². The van der Waals surface area contributed by atoms with Crippen LogP contribution in [0.4, 0.5) is 0 Å². The van der Waals surface area contributed by atoms with Gasteiger partial charge >= 0.3 is 0 Å². The molecule has 1 aromatic heterocycles. The molecule has 0 saturated carbocycles. The molecule has 0 bridgehead atoms. The molecule has 0 spiro atoms. The Hall–Kier alpha value is -1.76. The van der Waals surface area contributed by atoms with Gasteiger partial charge in [-0.15, -0.1) is 11.3 Å². The van der Waals surface area contributed by atoms with Crippen molar-refractivity contribution in [3.05, 3.63) is 50.6 Å². The summed E-state index contributed by atoms with van der Waals surface area (Å²) >= 11 is 13.3. The third-order valence-corrected chi connectivity index (χ3v) is 5.28. The summed E-state index contributed by atoms with van der Waals surface area (Å²) in [7, 11) is 0. The molecule has 3 rings (SSSR count). The van der Waals surface area contributed by atoms with Crippen LogP contribution in [0.2, 0.25) is 10.0 Å². The van der Waals surface area contributed by atoms with E-state index in [0.717, 1.165) is 4.88 Å². The molecule has 0 N–H and O–H groups in total. The van der Waals surface area contributed by atoms with Gasteiger partial charge in [0, 0.05) is 31.2 Å². The lowest BCUT2D eigenvalue weighted by Gasteiger charge is -2.34. The zero-order valence-electron chi connectivity index (χ0n) is 13.3. The summed E-state index contributed by atoms with van der Waals surface area (Å²) in [6.45, 7) is 1.93. The van der Waals surface area contributed by atoms with Crippen LogP contribution in [-0.4, -0.2) is 54.4 Å². The third-order valence-electron chi connectivity index (χ3n) is 3.90. The molecule has 1 aromatic carbocycles. The van der Waals surface area contributed by atoms with Gasteiger partial charge in [0.25, 0.3) is 11.8 Å². The summed E-state index contributed by atoms with van der Waals surface area (Å²) < 4.78 is 5.48. The summed E-state index contributed by atoms with van der Waals surface area (Å²) in [5.41, 5.74) is 0. The second-order valence-corrected chi connectivity index (χ2v) is 7.31. The molecule has 2 amide bonds. The van der Waals surface area contributed by atoms with Crippen molar-refractivity contribution in [2.24, 2.45) is 0 Å². The van der Waals surface area contributed by atoms with E-state index >= 15 is 0 Å². The van der Waals surface area contributed by atoms with Crippen LogP contribution in [-0.2, 0) is 4.79 Å². The van der Waals surface area contributed by atoms with Crippen molar-refractivity contribution >= 4 is 46.4 Å². The maximum atomic E-state index is 12.3. The van der Waals surface area contributed by atoms with Gasteiger partial charge < -0.3 is 14.5 Å². The van der Waals surface area contributed by atoms with Crippen LogP contribution in [0.1, 0.15) is 9.67 Å². The van der Waals surface area contributed by atoms with Crippen molar-refractivity contribution in [3.8, 4) is 5.75 Å². The number of carbonyl (C=O) groups excluding carboxylic acids is 2. The lowest BCUT2D eigenvalue weighted by atomic mass is 10.3. The number of piperazine rings is 1. The molecule has 0 unspecified atom stereocenters. The zero-order valence-corrected chi connectivity index (χ0v) is 15.6. The smallest absolute Gasteiger partial charge is 0.264 e. The highest BCUT2D eigenvalue weighted by atomic mass is 35.5. The van der Waals surface area contributed by atoms with Crippen LogP contribution in [0.25, 0.3) is 0 Å². The Bertz CT molecular complexity index is 759. The van der Waals surface area contributed by atoms with Gasteiger partial charge in [-0.1, -0.05) is 29.3 Å². The van der Waals surface area contributed by atoms with E-state index in [1.54, 1.807) is 28.0 Å². The highest BCUT2D eigenvalue weighted by molar-refractivity contribution is 7.12. The normalized spacial score (nSPS) is 14.5. The molecule has 5 nitrogen and oxygen atoms in total. The Kier molecular flexibility index (Phi) is 5.83. The number of thiophene rings is 1. The van der Waals surface area contributed by atoms with Crippen LogP contribution in [0.3, 0.4) is 0 Å². The topological polar surface area (TPSA) is 49.9 Å². The van der Waals surface area contributed by atoms with Crippen molar-refractivity contribution in [3.63, 3.8) is 0 Å². The van der Waals surface area contributed by atoms with Crippen LogP contribution in [0, 0.1) is 0 Å². The minimum absolute atomic E-state index is 0.0197. The van der Waals surface area contributed by atoms with E-state index in [0.29, 0.717) is 42.0 Å². The lowest BCUT2D eigenvalue weighted by molar-refractivity contribution is -0.134. The number of carbonyl (C=O) groups is 2. The van der Waals surface area contributed by atoms with Crippen molar-refractivity contribution < 1.29 is 14.3 Å². The molecule has 8 heteroatoms. The standard InChI is InChI=1S/C17H16Cl2N2O3S/c18-12-3-4-14(13(19)10-12)24-11-16(22)20-5-7-21(8-6-20)17(23)15-2-1-9-25-15/h1-4,9-10H,5-8,11H2. The predicted octanol–water partition coefficient (Wildman–Crippen LogP) is 3.42.